The van der Waals surface area contributed by atoms with Crippen LogP contribution in [-0.4, -0.2) is 33.3 Å². The number of hydrogen-bond acceptors (Lipinski definition) is 4. The molecule has 2 aromatic carbocycles. The number of carbonyl (C=O) groups excluding carboxylic acids is 1. The molecule has 0 aliphatic rings. The van der Waals surface area contributed by atoms with Crippen LogP contribution >= 0.6 is 0 Å². The van der Waals surface area contributed by atoms with E-state index in [9.17, 15) is 13.2 Å². The summed E-state index contributed by atoms with van der Waals surface area (Å²) in [6, 6.07) is 14.7. The topological polar surface area (TPSA) is 79.6 Å². The van der Waals surface area contributed by atoms with Gasteiger partial charge in [-0.25, -0.2) is 13.1 Å². The molecule has 26 heavy (non-hydrogen) atoms. The molecule has 3 rings (SSSR count). The normalized spacial score (nSPS) is 12.9. The highest BCUT2D eigenvalue weighted by atomic mass is 32.2. The van der Waals surface area contributed by atoms with Gasteiger partial charge in [0.25, 0.3) is 5.91 Å². The van der Waals surface area contributed by atoms with E-state index in [2.05, 4.69) is 4.72 Å². The molecule has 0 aliphatic heterocycles. The van der Waals surface area contributed by atoms with Gasteiger partial charge in [0.2, 0.25) is 10.0 Å². The number of amides is 1. The third kappa shape index (κ3) is 3.63. The first kappa shape index (κ1) is 18.2. The minimum Gasteiger partial charge on any atom is -0.459 e. The summed E-state index contributed by atoms with van der Waals surface area (Å²) in [7, 11) is -0.575. The van der Waals surface area contributed by atoms with Gasteiger partial charge in [-0.3, -0.25) is 4.79 Å². The number of fused-ring (bicyclic) bond motifs is 1. The van der Waals surface area contributed by atoms with Crippen molar-refractivity contribution in [3.05, 3.63) is 65.9 Å². The molecule has 0 unspecified atom stereocenters. The van der Waals surface area contributed by atoms with E-state index in [-0.39, 0.29) is 10.8 Å². The van der Waals surface area contributed by atoms with Gasteiger partial charge in [0.15, 0.2) is 0 Å². The Morgan fingerprint density at radius 2 is 1.81 bits per heavy atom. The van der Waals surface area contributed by atoms with Crippen LogP contribution in [0.1, 0.15) is 29.1 Å². The quantitative estimate of drug-likeness (QED) is 0.746. The number of nitrogens with zero attached hydrogens (tertiary/aromatic N) is 1. The number of para-hydroxylation sites is 1. The lowest BCUT2D eigenvalue weighted by Crippen LogP contribution is -2.27. The third-order valence-corrected chi connectivity index (χ3v) is 5.54. The van der Waals surface area contributed by atoms with Gasteiger partial charge >= 0.3 is 0 Å². The van der Waals surface area contributed by atoms with E-state index in [4.69, 9.17) is 4.42 Å². The first-order valence-corrected chi connectivity index (χ1v) is 9.59. The van der Waals surface area contributed by atoms with Gasteiger partial charge in [0.1, 0.15) is 11.3 Å². The summed E-state index contributed by atoms with van der Waals surface area (Å²) < 4.78 is 33.7. The van der Waals surface area contributed by atoms with Crippen molar-refractivity contribution >= 4 is 26.9 Å². The molecule has 0 radical (unpaired) electrons. The lowest BCUT2D eigenvalue weighted by molar-refractivity contribution is 0.0827. The van der Waals surface area contributed by atoms with Crippen molar-refractivity contribution in [1.82, 2.24) is 9.62 Å². The van der Waals surface area contributed by atoms with Gasteiger partial charge in [-0.1, -0.05) is 24.3 Å². The van der Waals surface area contributed by atoms with Crippen LogP contribution < -0.4 is 4.72 Å². The maximum absolute atomic E-state index is 12.7. The highest BCUT2D eigenvalue weighted by Crippen LogP contribution is 2.25. The Kier molecular flexibility index (Phi) is 4.84. The van der Waals surface area contributed by atoms with E-state index in [1.54, 1.807) is 33.2 Å². The maximum Gasteiger partial charge on any atom is 0.253 e. The Bertz CT molecular complexity index is 1020. The zero-order valence-electron chi connectivity index (χ0n) is 14.8. The summed E-state index contributed by atoms with van der Waals surface area (Å²) in [6.45, 7) is 1.71. The van der Waals surface area contributed by atoms with Crippen LogP contribution in [0.5, 0.6) is 0 Å². The minimum atomic E-state index is -3.81. The molecule has 1 atom stereocenters. The Labute approximate surface area is 152 Å². The minimum absolute atomic E-state index is 0.0353. The van der Waals surface area contributed by atoms with Crippen molar-refractivity contribution in [3.63, 3.8) is 0 Å². The summed E-state index contributed by atoms with van der Waals surface area (Å²) in [5.74, 6) is 0.266. The molecular formula is C19H20N2O4S. The van der Waals surface area contributed by atoms with Gasteiger partial charge in [0, 0.05) is 25.0 Å². The predicted octanol–water partition coefficient (Wildman–Crippen LogP) is 3.17. The van der Waals surface area contributed by atoms with Crippen molar-refractivity contribution in [2.24, 2.45) is 0 Å². The Hall–Kier alpha value is -2.64. The molecule has 1 heterocycles. The Balaban J connectivity index is 1.86. The van der Waals surface area contributed by atoms with Crippen LogP contribution in [0.2, 0.25) is 0 Å². The molecular weight excluding hydrogens is 352 g/mol. The van der Waals surface area contributed by atoms with Crippen LogP contribution in [0.25, 0.3) is 11.0 Å². The molecule has 0 fully saturated rings. The largest absolute Gasteiger partial charge is 0.459 e. The monoisotopic (exact) mass is 372 g/mol. The smallest absolute Gasteiger partial charge is 0.253 e. The number of furan rings is 1. The highest BCUT2D eigenvalue weighted by Gasteiger charge is 2.22. The fraction of sp³-hybridized carbons (Fsp3) is 0.211. The van der Waals surface area contributed by atoms with Gasteiger partial charge in [-0.2, -0.15) is 0 Å². The van der Waals surface area contributed by atoms with Crippen molar-refractivity contribution in [2.75, 3.05) is 14.1 Å². The second-order valence-corrected chi connectivity index (χ2v) is 7.97. The number of nitrogens with one attached hydrogen (secondary N) is 1. The summed E-state index contributed by atoms with van der Waals surface area (Å²) in [4.78, 5) is 13.5. The Morgan fingerprint density at radius 3 is 2.50 bits per heavy atom. The zero-order chi connectivity index (χ0) is 18.9. The fourth-order valence-electron chi connectivity index (χ4n) is 2.63. The molecule has 0 bridgehead atoms. The van der Waals surface area contributed by atoms with Gasteiger partial charge in [0.05, 0.1) is 10.9 Å². The Morgan fingerprint density at radius 1 is 1.08 bits per heavy atom. The van der Waals surface area contributed by atoms with Crippen LogP contribution in [0.3, 0.4) is 0 Å². The fourth-order valence-corrected chi connectivity index (χ4v) is 3.89. The second kappa shape index (κ2) is 6.93. The predicted molar refractivity (Wildman–Crippen MR) is 99.4 cm³/mol. The van der Waals surface area contributed by atoms with E-state index in [1.165, 1.54) is 17.0 Å². The summed E-state index contributed by atoms with van der Waals surface area (Å²) in [6.07, 6.45) is 0. The van der Waals surface area contributed by atoms with E-state index >= 15 is 0 Å². The van der Waals surface area contributed by atoms with E-state index < -0.39 is 16.1 Å². The average molecular weight is 372 g/mol. The van der Waals surface area contributed by atoms with Crippen molar-refractivity contribution < 1.29 is 17.6 Å². The van der Waals surface area contributed by atoms with Crippen LogP contribution in [0.15, 0.2) is 63.9 Å². The first-order chi connectivity index (χ1) is 12.3. The molecule has 136 valence electrons. The number of carbonyl (C=O) groups is 1. The number of sulfonamides is 1. The average Bonchev–Trinajstić information content (AvgIpc) is 3.05. The van der Waals surface area contributed by atoms with Gasteiger partial charge in [-0.05, 0) is 37.3 Å². The summed E-state index contributed by atoms with van der Waals surface area (Å²) >= 11 is 0. The number of rotatable bonds is 5. The standard InChI is InChI=1S/C19H20N2O4S/c1-13(18-12-14-7-4-5-10-17(14)25-18)20-26(23,24)16-9-6-8-15(11-16)19(22)21(2)3/h4-13,20H,1-3H3/t13-/m1/s1. The molecule has 0 saturated heterocycles. The third-order valence-electron chi connectivity index (χ3n) is 4.00. The van der Waals surface area contributed by atoms with Crippen molar-refractivity contribution in [1.29, 1.82) is 0 Å². The van der Waals surface area contributed by atoms with E-state index in [0.29, 0.717) is 16.9 Å². The molecule has 6 nitrogen and oxygen atoms in total. The SMILES string of the molecule is C[C@@H](NS(=O)(=O)c1cccc(C(=O)N(C)C)c1)c1cc2ccccc2o1. The van der Waals surface area contributed by atoms with Gasteiger partial charge < -0.3 is 9.32 Å². The molecule has 3 aromatic rings. The molecule has 0 aliphatic carbocycles. The molecule has 1 amide bonds. The van der Waals surface area contributed by atoms with Crippen molar-refractivity contribution in [3.8, 4) is 0 Å². The molecule has 1 N–H and O–H groups in total. The lowest BCUT2D eigenvalue weighted by atomic mass is 10.2. The van der Waals surface area contributed by atoms with E-state index in [0.717, 1.165) is 5.39 Å². The number of benzene rings is 2. The van der Waals surface area contributed by atoms with Crippen molar-refractivity contribution in [2.45, 2.75) is 17.9 Å². The van der Waals surface area contributed by atoms with Crippen LogP contribution in [0, 0.1) is 0 Å². The summed E-state index contributed by atoms with van der Waals surface area (Å²) in [5, 5.41) is 0.909. The number of hydrogen-bond donors (Lipinski definition) is 1. The molecule has 0 saturated carbocycles. The molecule has 1 aromatic heterocycles. The first-order valence-electron chi connectivity index (χ1n) is 8.10. The zero-order valence-corrected chi connectivity index (χ0v) is 15.6. The van der Waals surface area contributed by atoms with Crippen LogP contribution in [-0.2, 0) is 10.0 Å². The molecule has 0 spiro atoms. The molecule has 7 heteroatoms. The van der Waals surface area contributed by atoms with Gasteiger partial charge in [-0.15, -0.1) is 0 Å². The lowest BCUT2D eigenvalue weighted by Gasteiger charge is -2.14. The second-order valence-electron chi connectivity index (χ2n) is 6.26. The van der Waals surface area contributed by atoms with Crippen LogP contribution in [0.4, 0.5) is 0 Å². The maximum atomic E-state index is 12.7. The van der Waals surface area contributed by atoms with E-state index in [1.807, 2.05) is 30.3 Å². The highest BCUT2D eigenvalue weighted by molar-refractivity contribution is 7.89. The summed E-state index contributed by atoms with van der Waals surface area (Å²) in [5.41, 5.74) is 1.02.